The quantitative estimate of drug-likeness (QED) is 0.439. The van der Waals surface area contributed by atoms with Crippen molar-refractivity contribution in [3.8, 4) is 0 Å². The lowest BCUT2D eigenvalue weighted by Gasteiger charge is -2.53. The van der Waals surface area contributed by atoms with Gasteiger partial charge in [0.1, 0.15) is 6.10 Å². The monoisotopic (exact) mass is 250 g/mol. The highest BCUT2D eigenvalue weighted by Gasteiger charge is 2.70. The molecule has 0 aromatic carbocycles. The molecule has 4 nitrogen and oxygen atoms in total. The highest BCUT2D eigenvalue weighted by atomic mass is 16.6. The fraction of sp³-hybridized carbons (Fsp3) is 0.714. The van der Waals surface area contributed by atoms with E-state index in [0.29, 0.717) is 18.8 Å². The lowest BCUT2D eigenvalue weighted by atomic mass is 9.48. The summed E-state index contributed by atoms with van der Waals surface area (Å²) in [5.41, 5.74) is -0.499. The third-order valence-corrected chi connectivity index (χ3v) is 5.73. The summed E-state index contributed by atoms with van der Waals surface area (Å²) in [6.07, 6.45) is 1.55. The van der Waals surface area contributed by atoms with Gasteiger partial charge in [-0.05, 0) is 30.6 Å². The Bertz CT molecular complexity index is 468. The first-order valence-electron chi connectivity index (χ1n) is 6.48. The van der Waals surface area contributed by atoms with Crippen LogP contribution in [0.4, 0.5) is 0 Å². The van der Waals surface area contributed by atoms with Gasteiger partial charge in [-0.1, -0.05) is 26.0 Å². The molecule has 1 saturated heterocycles. The van der Waals surface area contributed by atoms with Gasteiger partial charge in [0.25, 0.3) is 0 Å². The van der Waals surface area contributed by atoms with Gasteiger partial charge in [-0.3, -0.25) is 9.59 Å². The third-order valence-electron chi connectivity index (χ3n) is 5.73. The summed E-state index contributed by atoms with van der Waals surface area (Å²) in [6, 6.07) is 0. The van der Waals surface area contributed by atoms with Gasteiger partial charge in [-0.2, -0.15) is 0 Å². The molecule has 3 rings (SSSR count). The summed E-state index contributed by atoms with van der Waals surface area (Å²) in [5, 5.41) is 9.52. The summed E-state index contributed by atoms with van der Waals surface area (Å²) >= 11 is 0. The number of fused-ring (bicyclic) bond motifs is 1. The number of carbonyl (C=O) groups is 2. The highest BCUT2D eigenvalue weighted by molar-refractivity contribution is 6.02. The first-order chi connectivity index (χ1) is 8.34. The Morgan fingerprint density at radius 3 is 2.78 bits per heavy atom. The van der Waals surface area contributed by atoms with Crippen LogP contribution in [0.25, 0.3) is 0 Å². The zero-order valence-electron chi connectivity index (χ0n) is 10.7. The van der Waals surface area contributed by atoms with Gasteiger partial charge >= 0.3 is 11.9 Å². The van der Waals surface area contributed by atoms with Crippen molar-refractivity contribution in [2.24, 2.45) is 22.7 Å². The Morgan fingerprint density at radius 1 is 1.50 bits per heavy atom. The predicted octanol–water partition coefficient (Wildman–Crippen LogP) is 2.00. The normalized spacial score (nSPS) is 50.0. The minimum Gasteiger partial charge on any atom is -0.480 e. The summed E-state index contributed by atoms with van der Waals surface area (Å²) in [6.45, 7) is 8.41. The Hall–Kier alpha value is -1.32. The van der Waals surface area contributed by atoms with Crippen LogP contribution in [-0.2, 0) is 14.3 Å². The van der Waals surface area contributed by atoms with Crippen molar-refractivity contribution in [3.63, 3.8) is 0 Å². The van der Waals surface area contributed by atoms with Crippen molar-refractivity contribution in [2.45, 2.75) is 39.2 Å². The van der Waals surface area contributed by atoms with Gasteiger partial charge < -0.3 is 9.84 Å². The molecule has 5 atom stereocenters. The Labute approximate surface area is 106 Å². The average Bonchev–Trinajstić information content (AvgIpc) is 2.58. The first-order valence-corrected chi connectivity index (χ1v) is 6.48. The maximum absolute atomic E-state index is 12.1. The zero-order chi connectivity index (χ0) is 13.3. The molecule has 0 aromatic rings. The molecule has 3 fully saturated rings. The second-order valence-electron chi connectivity index (χ2n) is 6.28. The maximum atomic E-state index is 12.1. The Morgan fingerprint density at radius 2 is 2.17 bits per heavy atom. The van der Waals surface area contributed by atoms with E-state index in [9.17, 15) is 14.7 Å². The van der Waals surface area contributed by atoms with Crippen molar-refractivity contribution in [3.05, 3.63) is 12.2 Å². The van der Waals surface area contributed by atoms with E-state index in [4.69, 9.17) is 4.74 Å². The van der Waals surface area contributed by atoms with Gasteiger partial charge in [0.15, 0.2) is 5.41 Å². The van der Waals surface area contributed by atoms with Crippen LogP contribution in [0.3, 0.4) is 0 Å². The van der Waals surface area contributed by atoms with Gasteiger partial charge in [0.05, 0.1) is 0 Å². The maximum Gasteiger partial charge on any atom is 0.324 e. The number of aliphatic carboxylic acids is 1. The molecule has 2 aliphatic carbocycles. The number of carboxylic acids is 1. The molecule has 4 heteroatoms. The highest BCUT2D eigenvalue weighted by Crippen LogP contribution is 2.64. The van der Waals surface area contributed by atoms with E-state index in [1.807, 2.05) is 0 Å². The molecule has 2 bridgehead atoms. The summed E-state index contributed by atoms with van der Waals surface area (Å²) in [5.74, 6) is -1.55. The predicted molar refractivity (Wildman–Crippen MR) is 63.7 cm³/mol. The van der Waals surface area contributed by atoms with Crippen LogP contribution >= 0.6 is 0 Å². The number of rotatable bonds is 1. The second-order valence-corrected chi connectivity index (χ2v) is 6.28. The molecule has 1 N–H and O–H groups in total. The van der Waals surface area contributed by atoms with Crippen LogP contribution in [0.5, 0.6) is 0 Å². The molecule has 2 saturated carbocycles. The van der Waals surface area contributed by atoms with Crippen LogP contribution in [-0.4, -0.2) is 23.1 Å². The Kier molecular flexibility index (Phi) is 2.07. The minimum absolute atomic E-state index is 0.0475. The second kappa shape index (κ2) is 3.16. The lowest BCUT2D eigenvalue weighted by molar-refractivity contribution is -0.163. The van der Waals surface area contributed by atoms with E-state index in [1.165, 1.54) is 0 Å². The molecule has 0 spiro atoms. The van der Waals surface area contributed by atoms with Crippen LogP contribution in [0.2, 0.25) is 0 Å². The minimum atomic E-state index is -1.36. The third kappa shape index (κ3) is 1.03. The number of carboxylic acid groups (broad SMARTS) is 1. The SMILES string of the molecule is C=C1[C@H]2[C@@H]3C[C@H](C)[C@@]1(C)CC[C@@]2(C(=O)O)C(=O)O3. The number of hydrogen-bond donors (Lipinski definition) is 1. The van der Waals surface area contributed by atoms with E-state index in [0.717, 1.165) is 12.0 Å². The van der Waals surface area contributed by atoms with Gasteiger partial charge in [-0.15, -0.1) is 0 Å². The number of ether oxygens (including phenoxy) is 1. The molecular formula is C14H18O4. The first kappa shape index (κ1) is 11.8. The molecule has 1 heterocycles. The van der Waals surface area contributed by atoms with E-state index in [2.05, 4.69) is 20.4 Å². The number of esters is 1. The van der Waals surface area contributed by atoms with Crippen LogP contribution in [0.1, 0.15) is 33.1 Å². The van der Waals surface area contributed by atoms with E-state index in [-0.39, 0.29) is 17.4 Å². The Balaban J connectivity index is 2.16. The van der Waals surface area contributed by atoms with Gasteiger partial charge in [0.2, 0.25) is 0 Å². The van der Waals surface area contributed by atoms with Crippen LogP contribution < -0.4 is 0 Å². The summed E-state index contributed by atoms with van der Waals surface area (Å²) < 4.78 is 5.37. The van der Waals surface area contributed by atoms with Crippen molar-refractivity contribution in [2.75, 3.05) is 0 Å². The van der Waals surface area contributed by atoms with Crippen LogP contribution in [0, 0.1) is 22.7 Å². The smallest absolute Gasteiger partial charge is 0.324 e. The van der Waals surface area contributed by atoms with Crippen molar-refractivity contribution in [1.29, 1.82) is 0 Å². The molecule has 1 aliphatic heterocycles. The molecular weight excluding hydrogens is 232 g/mol. The fourth-order valence-electron chi connectivity index (χ4n) is 4.19. The fourth-order valence-corrected chi connectivity index (χ4v) is 4.19. The molecule has 0 aromatic heterocycles. The summed E-state index contributed by atoms with van der Waals surface area (Å²) in [7, 11) is 0. The van der Waals surface area contributed by atoms with E-state index in [1.54, 1.807) is 0 Å². The van der Waals surface area contributed by atoms with Crippen molar-refractivity contribution < 1.29 is 19.4 Å². The van der Waals surface area contributed by atoms with E-state index < -0.39 is 17.4 Å². The number of carbonyl (C=O) groups excluding carboxylic acids is 1. The molecule has 18 heavy (non-hydrogen) atoms. The van der Waals surface area contributed by atoms with Crippen LogP contribution in [0.15, 0.2) is 12.2 Å². The topological polar surface area (TPSA) is 63.6 Å². The van der Waals surface area contributed by atoms with Crippen molar-refractivity contribution >= 4 is 11.9 Å². The van der Waals surface area contributed by atoms with Crippen molar-refractivity contribution in [1.82, 2.24) is 0 Å². The standard InChI is InChI=1S/C14H18O4/c1-7-6-9-10-8(2)13(7,3)4-5-14(10,11(15)16)12(17)18-9/h7,9-10H,2,4-6H2,1,3H3,(H,15,16)/t7-,9-,10-,13+,14+/m0/s1. The molecule has 0 amide bonds. The average molecular weight is 250 g/mol. The number of hydrogen-bond acceptors (Lipinski definition) is 3. The largest absolute Gasteiger partial charge is 0.480 e. The summed E-state index contributed by atoms with van der Waals surface area (Å²) in [4.78, 5) is 23.7. The molecule has 0 radical (unpaired) electrons. The molecule has 3 aliphatic rings. The zero-order valence-corrected chi connectivity index (χ0v) is 10.7. The molecule has 0 unspecified atom stereocenters. The van der Waals surface area contributed by atoms with Gasteiger partial charge in [0, 0.05) is 5.92 Å². The van der Waals surface area contributed by atoms with E-state index >= 15 is 0 Å². The van der Waals surface area contributed by atoms with Gasteiger partial charge in [-0.25, -0.2) is 0 Å². The lowest BCUT2D eigenvalue weighted by Crippen LogP contribution is -2.54. The molecule has 98 valence electrons.